The summed E-state index contributed by atoms with van der Waals surface area (Å²) in [5.74, 6) is 0. The fraction of sp³-hybridized carbons (Fsp3) is 0.333. The van der Waals surface area contributed by atoms with Crippen LogP contribution in [-0.2, 0) is 9.09 Å². The highest BCUT2D eigenvalue weighted by Crippen LogP contribution is 2.30. The van der Waals surface area contributed by atoms with Crippen LogP contribution in [0.25, 0.3) is 0 Å². The van der Waals surface area contributed by atoms with Crippen LogP contribution in [0.3, 0.4) is 0 Å². The summed E-state index contributed by atoms with van der Waals surface area (Å²) in [6.45, 7) is 8.92. The van der Waals surface area contributed by atoms with E-state index in [1.807, 2.05) is 0 Å². The van der Waals surface area contributed by atoms with Gasteiger partial charge in [0.1, 0.15) is 0 Å². The number of rotatable bonds is 4. The Hall–Kier alpha value is -0.330. The number of hydrogen-bond acceptors (Lipinski definition) is 2. The van der Waals surface area contributed by atoms with Crippen LogP contribution >= 0.6 is 8.03 Å². The standard InChI is InChI=1S/C6H11O2P/c1-4-5-8-9(7)6(2)3/h4,9H,1-2,5H2,3H3. The van der Waals surface area contributed by atoms with Crippen LogP contribution in [0.5, 0.6) is 0 Å². The summed E-state index contributed by atoms with van der Waals surface area (Å²) in [6, 6.07) is 0. The lowest BCUT2D eigenvalue weighted by Gasteiger charge is -1.97. The first-order chi connectivity index (χ1) is 4.18. The monoisotopic (exact) mass is 146 g/mol. The van der Waals surface area contributed by atoms with E-state index in [1.165, 1.54) is 0 Å². The molecule has 52 valence electrons. The molecule has 0 aliphatic heterocycles. The Morgan fingerprint density at radius 3 is 2.78 bits per heavy atom. The lowest BCUT2D eigenvalue weighted by Crippen LogP contribution is -1.78. The predicted octanol–water partition coefficient (Wildman–Crippen LogP) is 2.20. The van der Waals surface area contributed by atoms with Gasteiger partial charge in [-0.1, -0.05) is 12.7 Å². The SMILES string of the molecule is C=CCO[PH](=O)C(=C)C. The first-order valence-corrected chi connectivity index (χ1v) is 3.93. The van der Waals surface area contributed by atoms with E-state index in [0.717, 1.165) is 0 Å². The molecule has 9 heavy (non-hydrogen) atoms. The van der Waals surface area contributed by atoms with Gasteiger partial charge in [0.25, 0.3) is 0 Å². The molecule has 0 rings (SSSR count). The van der Waals surface area contributed by atoms with Crippen LogP contribution < -0.4 is 0 Å². The van der Waals surface area contributed by atoms with Crippen LogP contribution in [0.1, 0.15) is 6.92 Å². The summed E-state index contributed by atoms with van der Waals surface area (Å²) in [5, 5.41) is 0.599. The van der Waals surface area contributed by atoms with Gasteiger partial charge in [0.15, 0.2) is 0 Å². The Bertz CT molecular complexity index is 140. The summed E-state index contributed by atoms with van der Waals surface area (Å²) < 4.78 is 15.5. The summed E-state index contributed by atoms with van der Waals surface area (Å²) in [4.78, 5) is 0. The van der Waals surface area contributed by atoms with Gasteiger partial charge in [0.05, 0.1) is 6.61 Å². The maximum absolute atomic E-state index is 10.7. The molecule has 0 saturated carbocycles. The Morgan fingerprint density at radius 1 is 1.89 bits per heavy atom. The van der Waals surface area contributed by atoms with Gasteiger partial charge in [-0.3, -0.25) is 4.57 Å². The molecule has 0 fully saturated rings. The minimum Gasteiger partial charge on any atom is -0.323 e. The molecule has 0 spiro atoms. The van der Waals surface area contributed by atoms with Crippen molar-refractivity contribution in [3.8, 4) is 0 Å². The maximum atomic E-state index is 10.7. The number of hydrogen-bond donors (Lipinski definition) is 0. The van der Waals surface area contributed by atoms with Crippen LogP contribution in [-0.4, -0.2) is 6.61 Å². The third-order valence-electron chi connectivity index (χ3n) is 0.681. The minimum atomic E-state index is -1.98. The second-order valence-corrected chi connectivity index (χ2v) is 3.38. The quantitative estimate of drug-likeness (QED) is 0.449. The molecule has 0 heterocycles. The van der Waals surface area contributed by atoms with E-state index in [2.05, 4.69) is 13.2 Å². The van der Waals surface area contributed by atoms with E-state index < -0.39 is 8.03 Å². The highest BCUT2D eigenvalue weighted by atomic mass is 31.1. The van der Waals surface area contributed by atoms with Crippen molar-refractivity contribution in [1.29, 1.82) is 0 Å². The zero-order chi connectivity index (χ0) is 7.28. The Labute approximate surface area is 56.1 Å². The van der Waals surface area contributed by atoms with Gasteiger partial charge >= 0.3 is 0 Å². The average molecular weight is 146 g/mol. The van der Waals surface area contributed by atoms with Crippen LogP contribution in [0.15, 0.2) is 24.5 Å². The van der Waals surface area contributed by atoms with Crippen molar-refractivity contribution in [1.82, 2.24) is 0 Å². The van der Waals surface area contributed by atoms with Crippen molar-refractivity contribution in [3.63, 3.8) is 0 Å². The second-order valence-electron chi connectivity index (χ2n) is 1.67. The zero-order valence-electron chi connectivity index (χ0n) is 5.52. The first kappa shape index (κ1) is 8.67. The smallest absolute Gasteiger partial charge is 0.216 e. The molecule has 0 N–H and O–H groups in total. The van der Waals surface area contributed by atoms with Crippen molar-refractivity contribution < 1.29 is 9.09 Å². The van der Waals surface area contributed by atoms with Gasteiger partial charge in [0, 0.05) is 5.31 Å². The average Bonchev–Trinajstić information content (AvgIpc) is 1.82. The molecule has 3 heteroatoms. The summed E-state index contributed by atoms with van der Waals surface area (Å²) in [5.41, 5.74) is 0. The molecule has 1 unspecified atom stereocenters. The predicted molar refractivity (Wildman–Crippen MR) is 40.0 cm³/mol. The molecule has 0 aliphatic carbocycles. The normalized spacial score (nSPS) is 12.6. The van der Waals surface area contributed by atoms with Crippen LogP contribution in [0, 0.1) is 0 Å². The molecule has 0 amide bonds. The Morgan fingerprint density at radius 2 is 2.44 bits per heavy atom. The van der Waals surface area contributed by atoms with Gasteiger partial charge in [-0.25, -0.2) is 0 Å². The van der Waals surface area contributed by atoms with Crippen molar-refractivity contribution in [2.45, 2.75) is 6.92 Å². The fourth-order valence-electron chi connectivity index (χ4n) is 0.258. The highest BCUT2D eigenvalue weighted by molar-refractivity contribution is 7.44. The van der Waals surface area contributed by atoms with Gasteiger partial charge in [-0.15, -0.1) is 6.58 Å². The molecular formula is C6H11O2P. The van der Waals surface area contributed by atoms with E-state index in [0.29, 0.717) is 11.9 Å². The van der Waals surface area contributed by atoms with E-state index in [9.17, 15) is 4.57 Å². The third kappa shape index (κ3) is 4.19. The summed E-state index contributed by atoms with van der Waals surface area (Å²) >= 11 is 0. The molecule has 2 nitrogen and oxygen atoms in total. The molecule has 0 radical (unpaired) electrons. The van der Waals surface area contributed by atoms with E-state index in [4.69, 9.17) is 4.52 Å². The maximum Gasteiger partial charge on any atom is 0.216 e. The topological polar surface area (TPSA) is 26.3 Å². The first-order valence-electron chi connectivity index (χ1n) is 2.62. The van der Waals surface area contributed by atoms with Gasteiger partial charge in [-0.05, 0) is 6.92 Å². The van der Waals surface area contributed by atoms with Gasteiger partial charge in [-0.2, -0.15) is 0 Å². The fourth-order valence-corrected chi connectivity index (χ4v) is 0.773. The van der Waals surface area contributed by atoms with Crippen molar-refractivity contribution in [2.24, 2.45) is 0 Å². The molecule has 0 aliphatic rings. The van der Waals surface area contributed by atoms with Crippen molar-refractivity contribution in [3.05, 3.63) is 24.5 Å². The highest BCUT2D eigenvalue weighted by Gasteiger charge is 1.95. The van der Waals surface area contributed by atoms with Crippen LogP contribution in [0.2, 0.25) is 0 Å². The molecular weight excluding hydrogens is 135 g/mol. The molecule has 0 bridgehead atoms. The van der Waals surface area contributed by atoms with E-state index in [-0.39, 0.29) is 0 Å². The van der Waals surface area contributed by atoms with Crippen molar-refractivity contribution >= 4 is 8.03 Å². The van der Waals surface area contributed by atoms with Gasteiger partial charge < -0.3 is 4.52 Å². The lowest BCUT2D eigenvalue weighted by atomic mass is 10.7. The largest absolute Gasteiger partial charge is 0.323 e. The lowest BCUT2D eigenvalue weighted by molar-refractivity contribution is 0.376. The van der Waals surface area contributed by atoms with E-state index >= 15 is 0 Å². The Kier molecular flexibility index (Phi) is 4.37. The van der Waals surface area contributed by atoms with E-state index in [1.54, 1.807) is 13.0 Å². The van der Waals surface area contributed by atoms with Crippen LogP contribution in [0.4, 0.5) is 0 Å². The second kappa shape index (κ2) is 4.54. The molecule has 0 aromatic heterocycles. The minimum absolute atomic E-state index is 0.338. The summed E-state index contributed by atoms with van der Waals surface area (Å²) in [6.07, 6.45) is 1.56. The number of allylic oxidation sites excluding steroid dienone is 1. The molecule has 0 aromatic carbocycles. The third-order valence-corrected chi connectivity index (χ3v) is 1.81. The zero-order valence-corrected chi connectivity index (χ0v) is 6.52. The molecule has 1 atom stereocenters. The van der Waals surface area contributed by atoms with Crippen molar-refractivity contribution in [2.75, 3.05) is 6.61 Å². The molecule has 0 aromatic rings. The Balaban J connectivity index is 3.51. The molecule has 0 saturated heterocycles. The van der Waals surface area contributed by atoms with Gasteiger partial charge in [0.2, 0.25) is 8.03 Å². The summed E-state index contributed by atoms with van der Waals surface area (Å²) in [7, 11) is -1.98.